The molecule has 4 rings (SSSR count). The molecule has 0 spiro atoms. The van der Waals surface area contributed by atoms with Crippen molar-refractivity contribution in [2.24, 2.45) is 13.0 Å². The molecule has 10 heteroatoms. The minimum absolute atomic E-state index is 0.0696. The van der Waals surface area contributed by atoms with E-state index in [0.717, 1.165) is 12.8 Å². The number of anilines is 3. The Morgan fingerprint density at radius 2 is 2.16 bits per heavy atom. The lowest BCUT2D eigenvalue weighted by Gasteiger charge is -2.13. The van der Waals surface area contributed by atoms with E-state index < -0.39 is 12.9 Å². The molecular formula is C21H24N6O4. The second-order valence-electron chi connectivity index (χ2n) is 7.41. The first-order chi connectivity index (χ1) is 16.1. The third-order valence-electron chi connectivity index (χ3n) is 5.19. The van der Waals surface area contributed by atoms with Crippen molar-refractivity contribution in [2.45, 2.75) is 19.4 Å². The molecule has 2 amide bonds. The largest absolute Gasteiger partial charge is 0.395 e. The van der Waals surface area contributed by atoms with Gasteiger partial charge in [0, 0.05) is 55.3 Å². The van der Waals surface area contributed by atoms with Crippen molar-refractivity contribution in [1.29, 1.82) is 0 Å². The third kappa shape index (κ3) is 4.02. The van der Waals surface area contributed by atoms with E-state index in [1.807, 2.05) is 5.32 Å². The average molecular weight is 427 g/mol. The summed E-state index contributed by atoms with van der Waals surface area (Å²) in [7, 11) is 1.75. The number of hydrogen-bond donors (Lipinski definition) is 4. The molecule has 1 saturated carbocycles. The van der Waals surface area contributed by atoms with Gasteiger partial charge in [0.15, 0.2) is 0 Å². The minimum Gasteiger partial charge on any atom is -0.395 e. The summed E-state index contributed by atoms with van der Waals surface area (Å²) in [6.07, 6.45) is 6.00. The molecule has 0 unspecified atom stereocenters. The van der Waals surface area contributed by atoms with Crippen molar-refractivity contribution in [3.63, 3.8) is 0 Å². The molecule has 3 heterocycles. The number of nitrogens with zero attached hydrogens (tertiary/aromatic N) is 3. The Hall–Kier alpha value is -3.66. The number of rotatable bonds is 7. The van der Waals surface area contributed by atoms with Gasteiger partial charge >= 0.3 is 0 Å². The van der Waals surface area contributed by atoms with Gasteiger partial charge in [0.1, 0.15) is 5.82 Å². The number of carbonyl (C=O) groups is 2. The van der Waals surface area contributed by atoms with E-state index in [1.165, 1.54) is 16.8 Å². The third-order valence-corrected chi connectivity index (χ3v) is 5.19. The zero-order valence-electron chi connectivity index (χ0n) is 19.8. The van der Waals surface area contributed by atoms with E-state index in [9.17, 15) is 19.5 Å². The van der Waals surface area contributed by atoms with Gasteiger partial charge in [-0.3, -0.25) is 14.4 Å². The van der Waals surface area contributed by atoms with Crippen molar-refractivity contribution >= 4 is 39.9 Å². The lowest BCUT2D eigenvalue weighted by molar-refractivity contribution is -0.117. The number of fused-ring (bicyclic) bond motifs is 1. The number of hydrogen-bond acceptors (Lipinski definition) is 6. The molecule has 1 aliphatic rings. The Bertz CT molecular complexity index is 1330. The molecule has 3 aromatic rings. The van der Waals surface area contributed by atoms with Crippen LogP contribution in [0.1, 0.15) is 27.3 Å². The van der Waals surface area contributed by atoms with Gasteiger partial charge in [-0.2, -0.15) is 0 Å². The molecule has 0 bridgehead atoms. The van der Waals surface area contributed by atoms with Crippen LogP contribution < -0.4 is 21.5 Å². The summed E-state index contributed by atoms with van der Waals surface area (Å²) < 4.78 is 25.1. The summed E-state index contributed by atoms with van der Waals surface area (Å²) in [5.41, 5.74) is 0.714. The molecule has 10 nitrogen and oxygen atoms in total. The summed E-state index contributed by atoms with van der Waals surface area (Å²) in [4.78, 5) is 41.9. The summed E-state index contributed by atoms with van der Waals surface area (Å²) in [6, 6.07) is 3.15. The summed E-state index contributed by atoms with van der Waals surface area (Å²) in [6.45, 7) is -2.82. The second kappa shape index (κ2) is 8.23. The molecule has 31 heavy (non-hydrogen) atoms. The number of aliphatic hydroxyl groups excluding tert-OH is 1. The standard InChI is InChI=1S/C21H24N6O4/c1-22-20(30)13-10-23-17(25-19(29)12-3-4-12)9-14(13)24-15-11-26(2)16-5-6-27(7-8-28)21(31)18(15)16/h5-6,9-12,28H,3-4,7-8H2,1-2H3,(H,22,30)(H2,23,24,25,29)/i1D3. The van der Waals surface area contributed by atoms with Crippen LogP contribution >= 0.6 is 0 Å². The van der Waals surface area contributed by atoms with Gasteiger partial charge in [0.05, 0.1) is 34.4 Å². The van der Waals surface area contributed by atoms with Crippen LogP contribution in [-0.2, 0) is 18.4 Å². The lowest BCUT2D eigenvalue weighted by Crippen LogP contribution is -2.22. The van der Waals surface area contributed by atoms with Gasteiger partial charge in [-0.15, -0.1) is 0 Å². The molecule has 1 fully saturated rings. The van der Waals surface area contributed by atoms with Gasteiger partial charge in [0.25, 0.3) is 11.5 Å². The summed E-state index contributed by atoms with van der Waals surface area (Å²) in [5.74, 6) is -0.967. The second-order valence-corrected chi connectivity index (χ2v) is 7.41. The Kier molecular flexibility index (Phi) is 4.53. The number of amides is 2. The maximum atomic E-state index is 13.0. The number of nitrogens with one attached hydrogen (secondary N) is 3. The fraction of sp³-hybridized carbons (Fsp3) is 0.333. The molecule has 1 aliphatic carbocycles. The minimum atomic E-state index is -2.72. The topological polar surface area (TPSA) is 130 Å². The molecule has 0 radical (unpaired) electrons. The molecule has 0 atom stereocenters. The van der Waals surface area contributed by atoms with Crippen molar-refractivity contribution in [3.05, 3.63) is 46.6 Å². The average Bonchev–Trinajstić information content (AvgIpc) is 3.54. The molecule has 162 valence electrons. The van der Waals surface area contributed by atoms with E-state index in [2.05, 4.69) is 15.6 Å². The normalized spacial score (nSPS) is 15.1. The van der Waals surface area contributed by atoms with Crippen LogP contribution in [0.25, 0.3) is 10.9 Å². The molecular weight excluding hydrogens is 400 g/mol. The summed E-state index contributed by atoms with van der Waals surface area (Å²) in [5, 5.41) is 17.2. The highest BCUT2D eigenvalue weighted by molar-refractivity contribution is 6.03. The number of pyridine rings is 2. The number of carbonyl (C=O) groups excluding carboxylic acids is 2. The molecule has 0 aromatic carbocycles. The van der Waals surface area contributed by atoms with Crippen molar-refractivity contribution in [3.8, 4) is 0 Å². The van der Waals surface area contributed by atoms with Crippen molar-refractivity contribution in [1.82, 2.24) is 19.4 Å². The highest BCUT2D eigenvalue weighted by Gasteiger charge is 2.30. The number of aliphatic hydroxyl groups is 1. The van der Waals surface area contributed by atoms with Crippen molar-refractivity contribution < 1.29 is 18.8 Å². The van der Waals surface area contributed by atoms with E-state index in [4.69, 9.17) is 4.11 Å². The molecule has 0 saturated heterocycles. The van der Waals surface area contributed by atoms with Gasteiger partial charge in [-0.05, 0) is 18.9 Å². The smallest absolute Gasteiger partial charge is 0.262 e. The Labute approximate surface area is 182 Å². The fourth-order valence-electron chi connectivity index (χ4n) is 3.41. The first-order valence-corrected chi connectivity index (χ1v) is 9.77. The van der Waals surface area contributed by atoms with Crippen LogP contribution in [0.15, 0.2) is 35.5 Å². The zero-order valence-corrected chi connectivity index (χ0v) is 16.8. The van der Waals surface area contributed by atoms with Crippen LogP contribution in [0, 0.1) is 5.92 Å². The molecule has 4 N–H and O–H groups in total. The van der Waals surface area contributed by atoms with Crippen LogP contribution in [0.4, 0.5) is 17.2 Å². The highest BCUT2D eigenvalue weighted by atomic mass is 16.3. The van der Waals surface area contributed by atoms with Crippen LogP contribution in [-0.4, -0.2) is 44.6 Å². The van der Waals surface area contributed by atoms with E-state index >= 15 is 0 Å². The Balaban J connectivity index is 1.77. The monoisotopic (exact) mass is 427 g/mol. The van der Waals surface area contributed by atoms with Gasteiger partial charge in [-0.1, -0.05) is 0 Å². The molecule has 3 aromatic heterocycles. The maximum Gasteiger partial charge on any atom is 0.262 e. The number of aromatic nitrogens is 3. The zero-order chi connectivity index (χ0) is 24.6. The first kappa shape index (κ1) is 17.1. The van der Waals surface area contributed by atoms with Crippen LogP contribution in [0.2, 0.25) is 0 Å². The van der Waals surface area contributed by atoms with Crippen LogP contribution in [0.3, 0.4) is 0 Å². The fourth-order valence-corrected chi connectivity index (χ4v) is 3.41. The van der Waals surface area contributed by atoms with E-state index in [0.29, 0.717) is 16.6 Å². The maximum absolute atomic E-state index is 13.0. The lowest BCUT2D eigenvalue weighted by atomic mass is 10.2. The quantitative estimate of drug-likeness (QED) is 0.448. The van der Waals surface area contributed by atoms with E-state index in [-0.39, 0.29) is 47.6 Å². The van der Waals surface area contributed by atoms with E-state index in [1.54, 1.807) is 30.1 Å². The predicted octanol–water partition coefficient (Wildman–Crippen LogP) is 1.18. The first-order valence-electron chi connectivity index (χ1n) is 11.3. The number of aryl methyl sites for hydroxylation is 1. The van der Waals surface area contributed by atoms with Gasteiger partial charge < -0.3 is 30.2 Å². The predicted molar refractivity (Wildman–Crippen MR) is 117 cm³/mol. The highest BCUT2D eigenvalue weighted by Crippen LogP contribution is 2.31. The SMILES string of the molecule is [2H]C([2H])([2H])NC(=O)c1cnc(NC(=O)C2CC2)cc1Nc1cn(C)c2ccn(CCO)c(=O)c12. The van der Waals surface area contributed by atoms with Crippen LogP contribution in [0.5, 0.6) is 0 Å². The van der Waals surface area contributed by atoms with Crippen molar-refractivity contribution in [2.75, 3.05) is 24.2 Å². The Morgan fingerprint density at radius 3 is 2.87 bits per heavy atom. The Morgan fingerprint density at radius 1 is 1.35 bits per heavy atom. The van der Waals surface area contributed by atoms with Gasteiger partial charge in [-0.25, -0.2) is 4.98 Å². The molecule has 0 aliphatic heterocycles. The summed E-state index contributed by atoms with van der Waals surface area (Å²) >= 11 is 0. The van der Waals surface area contributed by atoms with Gasteiger partial charge in [0.2, 0.25) is 5.91 Å².